The predicted molar refractivity (Wildman–Crippen MR) is 61.8 cm³/mol. The van der Waals surface area contributed by atoms with E-state index in [2.05, 4.69) is 38.5 Å². The molecule has 0 heterocycles. The van der Waals surface area contributed by atoms with Gasteiger partial charge in [0, 0.05) is 8.04 Å². The first kappa shape index (κ1) is 10.5. The molecule has 0 bridgehead atoms. The molecule has 64 valence electrons. The van der Waals surface area contributed by atoms with Gasteiger partial charge in [0.25, 0.3) is 5.24 Å². The Morgan fingerprint density at radius 2 is 2.17 bits per heavy atom. The van der Waals surface area contributed by atoms with Gasteiger partial charge in [-0.15, -0.1) is 0 Å². The van der Waals surface area contributed by atoms with Crippen molar-refractivity contribution in [2.75, 3.05) is 0 Å². The van der Waals surface area contributed by atoms with Gasteiger partial charge in [-0.25, -0.2) is 0 Å². The second-order valence-electron chi connectivity index (χ2n) is 2.33. The first-order chi connectivity index (χ1) is 5.54. The van der Waals surface area contributed by atoms with E-state index >= 15 is 0 Å². The van der Waals surface area contributed by atoms with Crippen LogP contribution in [0, 0.1) is 10.5 Å². The van der Waals surface area contributed by atoms with Crippen molar-refractivity contribution in [1.29, 1.82) is 0 Å². The average molecular weight is 359 g/mol. The normalized spacial score (nSPS) is 10.0. The maximum Gasteiger partial charge on any atom is 0.254 e. The SMILES string of the molecule is Cc1ccc(I)c(C(=O)Cl)c1Br. The Bertz CT molecular complexity index is 338. The van der Waals surface area contributed by atoms with Crippen LogP contribution >= 0.6 is 50.1 Å². The molecule has 0 amide bonds. The number of aryl methyl sites for hydroxylation is 1. The molecule has 1 nitrogen and oxygen atoms in total. The minimum Gasteiger partial charge on any atom is -0.276 e. The first-order valence-corrected chi connectivity index (χ1v) is 5.43. The predicted octanol–water partition coefficient (Wildman–Crippen LogP) is 3.74. The molecule has 0 N–H and O–H groups in total. The standard InChI is InChI=1S/C8H5BrClIO/c1-4-2-3-5(11)6(7(4)9)8(10)12/h2-3H,1H3. The van der Waals surface area contributed by atoms with Crippen LogP contribution in [-0.4, -0.2) is 5.24 Å². The summed E-state index contributed by atoms with van der Waals surface area (Å²) in [6.07, 6.45) is 0. The molecule has 4 heteroatoms. The zero-order valence-electron chi connectivity index (χ0n) is 6.20. The van der Waals surface area contributed by atoms with Gasteiger partial charge in [-0.1, -0.05) is 6.07 Å². The number of halogens is 3. The number of carbonyl (C=O) groups excluding carboxylic acids is 1. The van der Waals surface area contributed by atoms with E-state index in [-0.39, 0.29) is 0 Å². The van der Waals surface area contributed by atoms with Gasteiger partial charge in [-0.05, 0) is 68.7 Å². The third kappa shape index (κ3) is 2.00. The summed E-state index contributed by atoms with van der Waals surface area (Å²) < 4.78 is 1.65. The highest BCUT2D eigenvalue weighted by atomic mass is 127. The van der Waals surface area contributed by atoms with Gasteiger partial charge >= 0.3 is 0 Å². The fraction of sp³-hybridized carbons (Fsp3) is 0.125. The minimum atomic E-state index is -0.421. The van der Waals surface area contributed by atoms with Crippen molar-refractivity contribution in [2.45, 2.75) is 6.92 Å². The van der Waals surface area contributed by atoms with Gasteiger partial charge in [0.1, 0.15) is 0 Å². The van der Waals surface area contributed by atoms with Crippen LogP contribution in [0.3, 0.4) is 0 Å². The van der Waals surface area contributed by atoms with Gasteiger partial charge in [-0.3, -0.25) is 4.79 Å². The molecular weight excluding hydrogens is 354 g/mol. The minimum absolute atomic E-state index is 0.421. The van der Waals surface area contributed by atoms with Gasteiger partial charge in [0.15, 0.2) is 0 Å². The lowest BCUT2D eigenvalue weighted by atomic mass is 10.2. The fourth-order valence-electron chi connectivity index (χ4n) is 0.837. The number of hydrogen-bond acceptors (Lipinski definition) is 1. The quantitative estimate of drug-likeness (QED) is 0.551. The highest BCUT2D eigenvalue weighted by molar-refractivity contribution is 14.1. The number of benzene rings is 1. The maximum atomic E-state index is 11.0. The zero-order chi connectivity index (χ0) is 9.30. The van der Waals surface area contributed by atoms with Crippen LogP contribution in [0.25, 0.3) is 0 Å². The van der Waals surface area contributed by atoms with Gasteiger partial charge in [-0.2, -0.15) is 0 Å². The molecular formula is C8H5BrClIO. The van der Waals surface area contributed by atoms with E-state index in [4.69, 9.17) is 11.6 Å². The molecule has 0 unspecified atom stereocenters. The molecule has 1 aromatic carbocycles. The van der Waals surface area contributed by atoms with Crippen LogP contribution in [0.15, 0.2) is 16.6 Å². The Morgan fingerprint density at radius 3 is 2.58 bits per heavy atom. The molecule has 1 rings (SSSR count). The van der Waals surface area contributed by atoms with Crippen molar-refractivity contribution >= 4 is 55.4 Å². The summed E-state index contributed by atoms with van der Waals surface area (Å²) in [6.45, 7) is 1.92. The summed E-state index contributed by atoms with van der Waals surface area (Å²) in [6, 6.07) is 3.81. The molecule has 0 aromatic heterocycles. The van der Waals surface area contributed by atoms with Crippen LogP contribution in [0.5, 0.6) is 0 Å². The van der Waals surface area contributed by atoms with Crippen molar-refractivity contribution < 1.29 is 4.79 Å². The van der Waals surface area contributed by atoms with Crippen molar-refractivity contribution in [2.24, 2.45) is 0 Å². The number of carbonyl (C=O) groups is 1. The lowest BCUT2D eigenvalue weighted by molar-refractivity contribution is 0.108. The Kier molecular flexibility index (Phi) is 3.55. The van der Waals surface area contributed by atoms with Crippen LogP contribution in [0.4, 0.5) is 0 Å². The van der Waals surface area contributed by atoms with Crippen molar-refractivity contribution in [1.82, 2.24) is 0 Å². The Morgan fingerprint density at radius 1 is 1.58 bits per heavy atom. The molecule has 0 aliphatic rings. The average Bonchev–Trinajstić information content (AvgIpc) is 1.97. The molecule has 0 atom stereocenters. The van der Waals surface area contributed by atoms with Crippen molar-refractivity contribution in [3.63, 3.8) is 0 Å². The second kappa shape index (κ2) is 4.07. The smallest absolute Gasteiger partial charge is 0.254 e. The highest BCUT2D eigenvalue weighted by Gasteiger charge is 2.12. The Balaban J connectivity index is 3.43. The summed E-state index contributed by atoms with van der Waals surface area (Å²) in [5, 5.41) is -0.421. The highest BCUT2D eigenvalue weighted by Crippen LogP contribution is 2.27. The molecule has 0 spiro atoms. The lowest BCUT2D eigenvalue weighted by Gasteiger charge is -2.04. The van der Waals surface area contributed by atoms with E-state index < -0.39 is 5.24 Å². The molecule has 12 heavy (non-hydrogen) atoms. The van der Waals surface area contributed by atoms with E-state index in [9.17, 15) is 4.79 Å². The Hall–Kier alpha value is 0.390. The summed E-state index contributed by atoms with van der Waals surface area (Å²) in [7, 11) is 0. The summed E-state index contributed by atoms with van der Waals surface area (Å²) in [4.78, 5) is 11.0. The van der Waals surface area contributed by atoms with E-state index in [1.165, 1.54) is 0 Å². The fourth-order valence-corrected chi connectivity index (χ4v) is 2.90. The van der Waals surface area contributed by atoms with Gasteiger partial charge in [0.05, 0.1) is 5.56 Å². The van der Waals surface area contributed by atoms with Crippen LogP contribution in [-0.2, 0) is 0 Å². The third-order valence-corrected chi connectivity index (χ3v) is 3.59. The van der Waals surface area contributed by atoms with Crippen molar-refractivity contribution in [3.05, 3.63) is 31.3 Å². The lowest BCUT2D eigenvalue weighted by Crippen LogP contribution is -1.96. The molecule has 0 aliphatic heterocycles. The van der Waals surface area contributed by atoms with E-state index in [0.717, 1.165) is 13.6 Å². The molecule has 0 aliphatic carbocycles. The first-order valence-electron chi connectivity index (χ1n) is 3.18. The number of hydrogen-bond donors (Lipinski definition) is 0. The van der Waals surface area contributed by atoms with E-state index in [1.807, 2.05) is 19.1 Å². The van der Waals surface area contributed by atoms with Crippen LogP contribution in [0.2, 0.25) is 0 Å². The molecule has 0 fully saturated rings. The summed E-state index contributed by atoms with van der Waals surface area (Å²) in [5.41, 5.74) is 1.57. The molecule has 0 radical (unpaired) electrons. The van der Waals surface area contributed by atoms with Crippen LogP contribution in [0.1, 0.15) is 15.9 Å². The monoisotopic (exact) mass is 358 g/mol. The Labute approximate surface area is 97.8 Å². The third-order valence-electron chi connectivity index (χ3n) is 1.48. The number of rotatable bonds is 1. The second-order valence-corrected chi connectivity index (χ2v) is 4.63. The van der Waals surface area contributed by atoms with E-state index in [1.54, 1.807) is 0 Å². The van der Waals surface area contributed by atoms with Gasteiger partial charge < -0.3 is 0 Å². The zero-order valence-corrected chi connectivity index (χ0v) is 10.7. The maximum absolute atomic E-state index is 11.0. The largest absolute Gasteiger partial charge is 0.276 e. The van der Waals surface area contributed by atoms with Crippen molar-refractivity contribution in [3.8, 4) is 0 Å². The molecule has 1 aromatic rings. The summed E-state index contributed by atoms with van der Waals surface area (Å²) >= 11 is 10.8. The topological polar surface area (TPSA) is 17.1 Å². The summed E-state index contributed by atoms with van der Waals surface area (Å²) in [5.74, 6) is 0. The molecule has 0 saturated heterocycles. The van der Waals surface area contributed by atoms with E-state index in [0.29, 0.717) is 5.56 Å². The van der Waals surface area contributed by atoms with Crippen LogP contribution < -0.4 is 0 Å². The van der Waals surface area contributed by atoms with Gasteiger partial charge in [0.2, 0.25) is 0 Å². The molecule has 0 saturated carbocycles.